The van der Waals surface area contributed by atoms with Gasteiger partial charge in [-0.3, -0.25) is 0 Å². The van der Waals surface area contributed by atoms with E-state index < -0.39 is 0 Å². The van der Waals surface area contributed by atoms with Crippen LogP contribution < -0.4 is 0 Å². The Bertz CT molecular complexity index is 404. The zero-order valence-electron chi connectivity index (χ0n) is 20.1. The molecule has 0 spiro atoms. The van der Waals surface area contributed by atoms with Gasteiger partial charge in [-0.1, -0.05) is 103 Å². The second-order valence-electron chi connectivity index (χ2n) is 8.63. The molecule has 0 aliphatic heterocycles. The maximum Gasteiger partial charge on any atom is 0.234 e. The van der Waals surface area contributed by atoms with E-state index in [0.29, 0.717) is 13.1 Å². The van der Waals surface area contributed by atoms with Crippen molar-refractivity contribution >= 4 is 12.2 Å². The van der Waals surface area contributed by atoms with Crippen LogP contribution in [0.4, 0.5) is 0 Å². The molecule has 0 radical (unpaired) electrons. The Kier molecular flexibility index (Phi) is 27.5. The van der Waals surface area contributed by atoms with Gasteiger partial charge in [0.05, 0.1) is 13.1 Å². The molecule has 5 heteroatoms. The fourth-order valence-electron chi connectivity index (χ4n) is 3.81. The molecule has 0 heterocycles. The van der Waals surface area contributed by atoms with Crippen LogP contribution in [0.2, 0.25) is 0 Å². The number of isocyanates is 2. The highest BCUT2D eigenvalue weighted by Crippen LogP contribution is 2.12. The van der Waals surface area contributed by atoms with Crippen LogP contribution in [0.25, 0.3) is 0 Å². The van der Waals surface area contributed by atoms with E-state index in [2.05, 4.69) is 9.98 Å². The third-order valence-electron chi connectivity index (χ3n) is 5.75. The predicted octanol–water partition coefficient (Wildman–Crippen LogP) is 7.48. The second kappa shape index (κ2) is 28.7. The van der Waals surface area contributed by atoms with Crippen molar-refractivity contribution < 1.29 is 14.3 Å². The summed E-state index contributed by atoms with van der Waals surface area (Å²) in [6.45, 7) is 3.16. The Labute approximate surface area is 191 Å². The highest BCUT2D eigenvalue weighted by atomic mass is 16.5. The van der Waals surface area contributed by atoms with Gasteiger partial charge in [-0.2, -0.15) is 0 Å². The first-order valence-electron chi connectivity index (χ1n) is 13.1. The van der Waals surface area contributed by atoms with Crippen LogP contribution in [-0.4, -0.2) is 38.5 Å². The number of nitrogens with zero attached hydrogens (tertiary/aromatic N) is 2. The Hall–Kier alpha value is -1.28. The molecule has 0 aliphatic rings. The van der Waals surface area contributed by atoms with E-state index in [1.54, 1.807) is 12.2 Å². The third kappa shape index (κ3) is 28.7. The average Bonchev–Trinajstić information content (AvgIpc) is 2.78. The number of hydrogen-bond acceptors (Lipinski definition) is 5. The lowest BCUT2D eigenvalue weighted by Crippen LogP contribution is -1.97. The first-order chi connectivity index (χ1) is 15.4. The lowest BCUT2D eigenvalue weighted by atomic mass is 10.1. The maximum absolute atomic E-state index is 9.94. The van der Waals surface area contributed by atoms with Crippen LogP contribution >= 0.6 is 0 Å². The molecular weight excluding hydrogens is 388 g/mol. The molecule has 0 aromatic heterocycles. The molecule has 0 bridgehead atoms. The smallest absolute Gasteiger partial charge is 0.234 e. The van der Waals surface area contributed by atoms with Crippen LogP contribution in [0.15, 0.2) is 9.98 Å². The van der Waals surface area contributed by atoms with E-state index in [4.69, 9.17) is 4.74 Å². The van der Waals surface area contributed by atoms with Gasteiger partial charge in [-0.25, -0.2) is 19.6 Å². The zero-order chi connectivity index (χ0) is 22.5. The first-order valence-corrected chi connectivity index (χ1v) is 13.1. The van der Waals surface area contributed by atoms with Crippen molar-refractivity contribution in [3.8, 4) is 0 Å². The molecule has 31 heavy (non-hydrogen) atoms. The van der Waals surface area contributed by atoms with Crippen molar-refractivity contribution in [1.29, 1.82) is 0 Å². The lowest BCUT2D eigenvalue weighted by molar-refractivity contribution is 0.125. The van der Waals surface area contributed by atoms with Crippen LogP contribution in [0.1, 0.15) is 128 Å². The Morgan fingerprint density at radius 1 is 0.387 bits per heavy atom. The number of ether oxygens (including phenoxy) is 1. The molecule has 0 N–H and O–H groups in total. The number of carbonyl (C=O) groups excluding carboxylic acids is 2. The van der Waals surface area contributed by atoms with Crippen LogP contribution in [-0.2, 0) is 14.3 Å². The quantitative estimate of drug-likeness (QED) is 0.0801. The number of aliphatic imine (C=N–C) groups is 2. The largest absolute Gasteiger partial charge is 0.381 e. The van der Waals surface area contributed by atoms with Crippen molar-refractivity contribution in [2.45, 2.75) is 128 Å². The fraction of sp³-hybridized carbons (Fsp3) is 0.923. The normalized spacial score (nSPS) is 10.6. The lowest BCUT2D eigenvalue weighted by Gasteiger charge is -2.05. The van der Waals surface area contributed by atoms with E-state index in [9.17, 15) is 9.59 Å². The van der Waals surface area contributed by atoms with Gasteiger partial charge in [0.25, 0.3) is 0 Å². The highest BCUT2D eigenvalue weighted by Gasteiger charge is 1.96. The molecular formula is C26H48N2O3. The van der Waals surface area contributed by atoms with Crippen LogP contribution in [0.3, 0.4) is 0 Å². The van der Waals surface area contributed by atoms with E-state index in [1.807, 2.05) is 0 Å². The Balaban J connectivity index is 3.02. The molecule has 5 nitrogen and oxygen atoms in total. The molecule has 0 aromatic carbocycles. The molecule has 0 atom stereocenters. The Morgan fingerprint density at radius 3 is 0.935 bits per heavy atom. The summed E-state index contributed by atoms with van der Waals surface area (Å²) in [5, 5.41) is 0. The standard InChI is InChI=1S/C26H48N2O3/c29-25-27-21-17-13-9-5-1-3-7-11-15-19-23-31-24-20-16-12-8-4-2-6-10-14-18-22-28-26-30/h1-24H2. The van der Waals surface area contributed by atoms with Crippen molar-refractivity contribution in [3.05, 3.63) is 0 Å². The van der Waals surface area contributed by atoms with E-state index in [0.717, 1.165) is 26.1 Å². The number of unbranched alkanes of at least 4 members (excludes halogenated alkanes) is 18. The minimum absolute atomic E-state index is 0.648. The molecule has 180 valence electrons. The van der Waals surface area contributed by atoms with Crippen LogP contribution in [0.5, 0.6) is 0 Å². The monoisotopic (exact) mass is 436 g/mol. The molecule has 0 saturated heterocycles. The summed E-state index contributed by atoms with van der Waals surface area (Å²) in [5.74, 6) is 0. The Morgan fingerprint density at radius 2 is 0.645 bits per heavy atom. The number of hydrogen-bond donors (Lipinski definition) is 0. The number of rotatable bonds is 26. The van der Waals surface area contributed by atoms with E-state index in [1.165, 1.54) is 116 Å². The topological polar surface area (TPSA) is 68.1 Å². The zero-order valence-corrected chi connectivity index (χ0v) is 20.1. The van der Waals surface area contributed by atoms with Gasteiger partial charge >= 0.3 is 0 Å². The second-order valence-corrected chi connectivity index (χ2v) is 8.63. The van der Waals surface area contributed by atoms with Gasteiger partial charge < -0.3 is 4.74 Å². The summed E-state index contributed by atoms with van der Waals surface area (Å²) in [5.41, 5.74) is 0. The van der Waals surface area contributed by atoms with Crippen molar-refractivity contribution in [1.82, 2.24) is 0 Å². The van der Waals surface area contributed by atoms with Gasteiger partial charge in [0.1, 0.15) is 0 Å². The molecule has 0 saturated carbocycles. The van der Waals surface area contributed by atoms with Gasteiger partial charge in [0.15, 0.2) is 0 Å². The molecule has 0 unspecified atom stereocenters. The van der Waals surface area contributed by atoms with Gasteiger partial charge in [-0.05, 0) is 25.7 Å². The SMILES string of the molecule is O=C=NCCCCCCCCCCCCOCCCCCCCCCCCCN=C=O. The molecule has 0 rings (SSSR count). The van der Waals surface area contributed by atoms with Gasteiger partial charge in [-0.15, -0.1) is 0 Å². The molecule has 0 aromatic rings. The predicted molar refractivity (Wildman–Crippen MR) is 129 cm³/mol. The molecule has 0 fully saturated rings. The van der Waals surface area contributed by atoms with Gasteiger partial charge in [0.2, 0.25) is 12.2 Å². The van der Waals surface area contributed by atoms with Crippen molar-refractivity contribution in [3.63, 3.8) is 0 Å². The highest BCUT2D eigenvalue weighted by molar-refractivity contribution is 5.32. The summed E-state index contributed by atoms with van der Waals surface area (Å²) in [6, 6.07) is 0. The van der Waals surface area contributed by atoms with Crippen LogP contribution in [0, 0.1) is 0 Å². The maximum atomic E-state index is 9.94. The summed E-state index contributed by atoms with van der Waals surface area (Å²) in [7, 11) is 0. The average molecular weight is 437 g/mol. The summed E-state index contributed by atoms with van der Waals surface area (Å²) >= 11 is 0. The van der Waals surface area contributed by atoms with E-state index in [-0.39, 0.29) is 0 Å². The fourth-order valence-corrected chi connectivity index (χ4v) is 3.81. The summed E-state index contributed by atoms with van der Waals surface area (Å²) in [4.78, 5) is 27.0. The van der Waals surface area contributed by atoms with E-state index >= 15 is 0 Å². The molecule has 0 aliphatic carbocycles. The third-order valence-corrected chi connectivity index (χ3v) is 5.75. The first kappa shape index (κ1) is 29.7. The summed E-state index contributed by atoms with van der Waals surface area (Å²) in [6.07, 6.45) is 28.5. The summed E-state index contributed by atoms with van der Waals surface area (Å²) < 4.78 is 5.77. The van der Waals surface area contributed by atoms with Crippen molar-refractivity contribution in [2.75, 3.05) is 26.3 Å². The van der Waals surface area contributed by atoms with Gasteiger partial charge in [0, 0.05) is 13.2 Å². The minimum Gasteiger partial charge on any atom is -0.381 e. The molecule has 0 amide bonds. The van der Waals surface area contributed by atoms with Crippen molar-refractivity contribution in [2.24, 2.45) is 9.98 Å². The minimum atomic E-state index is 0.648.